The van der Waals surface area contributed by atoms with Crippen LogP contribution in [0, 0.1) is 6.92 Å². The molecule has 4 rings (SSSR count). The van der Waals surface area contributed by atoms with Crippen LogP contribution in [0.5, 0.6) is 0 Å². The fraction of sp³-hybridized carbons (Fsp3) is 0.316. The molecule has 7 heteroatoms. The van der Waals surface area contributed by atoms with E-state index in [-0.39, 0.29) is 0 Å². The fourth-order valence-electron chi connectivity index (χ4n) is 3.41. The first-order valence-electron chi connectivity index (χ1n) is 8.57. The molecule has 2 aromatic carbocycles. The van der Waals surface area contributed by atoms with Gasteiger partial charge in [0.05, 0.1) is 20.1 Å². The van der Waals surface area contributed by atoms with Gasteiger partial charge in [0.1, 0.15) is 0 Å². The highest BCUT2D eigenvalue weighted by Gasteiger charge is 2.32. The van der Waals surface area contributed by atoms with Gasteiger partial charge in [0, 0.05) is 24.0 Å². The van der Waals surface area contributed by atoms with Gasteiger partial charge in [0.15, 0.2) is 0 Å². The number of benzene rings is 2. The lowest BCUT2D eigenvalue weighted by molar-refractivity contribution is 0.319. The molecule has 3 aromatic rings. The summed E-state index contributed by atoms with van der Waals surface area (Å²) in [5.74, 6) is 0.319. The largest absolute Gasteiger partial charge is 0.243 e. The molecule has 136 valence electrons. The molecule has 2 heterocycles. The van der Waals surface area contributed by atoms with Crippen LogP contribution in [0.25, 0.3) is 10.2 Å². The standard InChI is InChI=1S/C19H19ClN2O2S2/c1-13-15(20)5-4-8-18(13)26(23,24)22-11-9-14(10-12-22)19-21-16-6-2-3-7-17(16)25-19/h2-8,14H,9-12H2,1H3. The van der Waals surface area contributed by atoms with Gasteiger partial charge in [-0.25, -0.2) is 13.4 Å². The molecule has 0 spiro atoms. The Morgan fingerprint density at radius 1 is 1.12 bits per heavy atom. The molecule has 0 radical (unpaired) electrons. The molecule has 0 N–H and O–H groups in total. The van der Waals surface area contributed by atoms with Crippen LogP contribution < -0.4 is 0 Å². The van der Waals surface area contributed by atoms with Crippen LogP contribution in [0.15, 0.2) is 47.4 Å². The van der Waals surface area contributed by atoms with E-state index in [1.807, 2.05) is 18.2 Å². The lowest BCUT2D eigenvalue weighted by Crippen LogP contribution is -2.38. The van der Waals surface area contributed by atoms with Gasteiger partial charge in [0.2, 0.25) is 10.0 Å². The number of nitrogens with zero attached hydrogens (tertiary/aromatic N) is 2. The number of para-hydroxylation sites is 1. The van der Waals surface area contributed by atoms with Crippen LogP contribution in [-0.4, -0.2) is 30.8 Å². The van der Waals surface area contributed by atoms with E-state index >= 15 is 0 Å². The molecule has 1 saturated heterocycles. The highest BCUT2D eigenvalue weighted by molar-refractivity contribution is 7.89. The highest BCUT2D eigenvalue weighted by atomic mass is 35.5. The normalized spacial score (nSPS) is 17.0. The minimum absolute atomic E-state index is 0.309. The molecule has 4 nitrogen and oxygen atoms in total. The zero-order valence-corrected chi connectivity index (χ0v) is 16.7. The van der Waals surface area contributed by atoms with Crippen molar-refractivity contribution in [2.24, 2.45) is 0 Å². The summed E-state index contributed by atoms with van der Waals surface area (Å²) < 4.78 is 28.8. The Hall–Kier alpha value is -1.47. The van der Waals surface area contributed by atoms with E-state index in [1.54, 1.807) is 40.8 Å². The second-order valence-electron chi connectivity index (χ2n) is 6.56. The number of piperidine rings is 1. The van der Waals surface area contributed by atoms with Gasteiger partial charge < -0.3 is 0 Å². The Bertz CT molecular complexity index is 1020. The molecule has 0 amide bonds. The van der Waals surface area contributed by atoms with Crippen molar-refractivity contribution in [3.63, 3.8) is 0 Å². The summed E-state index contributed by atoms with van der Waals surface area (Å²) in [6.45, 7) is 2.77. The van der Waals surface area contributed by atoms with Gasteiger partial charge in [-0.1, -0.05) is 29.8 Å². The van der Waals surface area contributed by atoms with Crippen LogP contribution >= 0.6 is 22.9 Å². The van der Waals surface area contributed by atoms with Gasteiger partial charge in [0.25, 0.3) is 0 Å². The van der Waals surface area contributed by atoms with E-state index in [0.29, 0.717) is 34.5 Å². The SMILES string of the molecule is Cc1c(Cl)cccc1S(=O)(=O)N1CCC(c2nc3ccccc3s2)CC1. The van der Waals surface area contributed by atoms with Crippen LogP contribution in [0.4, 0.5) is 0 Å². The van der Waals surface area contributed by atoms with E-state index in [1.165, 1.54) is 4.70 Å². The average Bonchev–Trinajstić information content (AvgIpc) is 3.08. The van der Waals surface area contributed by atoms with Gasteiger partial charge >= 0.3 is 0 Å². The van der Waals surface area contributed by atoms with E-state index in [9.17, 15) is 8.42 Å². The molecule has 0 aliphatic carbocycles. The molecule has 0 bridgehead atoms. The quantitative estimate of drug-likeness (QED) is 0.626. The zero-order chi connectivity index (χ0) is 18.3. The number of halogens is 1. The van der Waals surface area contributed by atoms with Crippen molar-refractivity contribution in [3.05, 3.63) is 58.1 Å². The van der Waals surface area contributed by atoms with Crippen molar-refractivity contribution < 1.29 is 8.42 Å². The number of rotatable bonds is 3. The number of hydrogen-bond donors (Lipinski definition) is 0. The number of aromatic nitrogens is 1. The highest BCUT2D eigenvalue weighted by Crippen LogP contribution is 2.35. The Kier molecular flexibility index (Phi) is 4.77. The summed E-state index contributed by atoms with van der Waals surface area (Å²) in [4.78, 5) is 5.05. The van der Waals surface area contributed by atoms with Crippen molar-refractivity contribution in [1.29, 1.82) is 0 Å². The Balaban J connectivity index is 1.53. The summed E-state index contributed by atoms with van der Waals surface area (Å²) in [7, 11) is -3.51. The van der Waals surface area contributed by atoms with Crippen LogP contribution in [0.3, 0.4) is 0 Å². The topological polar surface area (TPSA) is 50.3 Å². The molecule has 1 aromatic heterocycles. The molecular formula is C19H19ClN2O2S2. The lowest BCUT2D eigenvalue weighted by Gasteiger charge is -2.30. The zero-order valence-electron chi connectivity index (χ0n) is 14.4. The molecule has 1 aliphatic heterocycles. The first kappa shape index (κ1) is 17.9. The van der Waals surface area contributed by atoms with Crippen molar-refractivity contribution >= 4 is 43.2 Å². The Labute approximate surface area is 162 Å². The second kappa shape index (κ2) is 6.93. The summed E-state index contributed by atoms with van der Waals surface area (Å²) >= 11 is 7.83. The van der Waals surface area contributed by atoms with Gasteiger partial charge in [-0.15, -0.1) is 11.3 Å². The van der Waals surface area contributed by atoms with Crippen LogP contribution in [0.2, 0.25) is 5.02 Å². The average molecular weight is 407 g/mol. The predicted molar refractivity (Wildman–Crippen MR) is 107 cm³/mol. The van der Waals surface area contributed by atoms with Gasteiger partial charge in [-0.05, 0) is 49.6 Å². The summed E-state index contributed by atoms with van der Waals surface area (Å²) in [5.41, 5.74) is 1.64. The third-order valence-corrected chi connectivity index (χ3v) is 8.60. The molecule has 26 heavy (non-hydrogen) atoms. The molecule has 1 aliphatic rings. The minimum Gasteiger partial charge on any atom is -0.241 e. The minimum atomic E-state index is -3.51. The first-order valence-corrected chi connectivity index (χ1v) is 11.2. The number of hydrogen-bond acceptors (Lipinski definition) is 4. The summed E-state index contributed by atoms with van der Waals surface area (Å²) in [6, 6.07) is 13.2. The summed E-state index contributed by atoms with van der Waals surface area (Å²) in [5, 5.41) is 1.60. The monoisotopic (exact) mass is 406 g/mol. The van der Waals surface area contributed by atoms with Crippen molar-refractivity contribution in [1.82, 2.24) is 9.29 Å². The smallest absolute Gasteiger partial charge is 0.241 e. The van der Waals surface area contributed by atoms with Crippen LogP contribution in [0.1, 0.15) is 29.3 Å². The summed E-state index contributed by atoms with van der Waals surface area (Å²) in [6.07, 6.45) is 1.58. The van der Waals surface area contributed by atoms with E-state index in [0.717, 1.165) is 23.4 Å². The predicted octanol–water partition coefficient (Wildman–Crippen LogP) is 4.83. The fourth-order valence-corrected chi connectivity index (χ4v) is 6.50. The van der Waals surface area contributed by atoms with Crippen molar-refractivity contribution in [2.45, 2.75) is 30.6 Å². The molecular weight excluding hydrogens is 388 g/mol. The van der Waals surface area contributed by atoms with Gasteiger partial charge in [-0.3, -0.25) is 0 Å². The third kappa shape index (κ3) is 3.16. The Morgan fingerprint density at radius 3 is 2.58 bits per heavy atom. The molecule has 0 atom stereocenters. The van der Waals surface area contributed by atoms with Crippen molar-refractivity contribution in [3.8, 4) is 0 Å². The first-order chi connectivity index (χ1) is 12.5. The number of fused-ring (bicyclic) bond motifs is 1. The maximum absolute atomic E-state index is 13.0. The number of thiazole rings is 1. The lowest BCUT2D eigenvalue weighted by atomic mass is 9.99. The van der Waals surface area contributed by atoms with Crippen molar-refractivity contribution in [2.75, 3.05) is 13.1 Å². The van der Waals surface area contributed by atoms with Gasteiger partial charge in [-0.2, -0.15) is 4.31 Å². The molecule has 1 fully saturated rings. The number of sulfonamides is 1. The maximum atomic E-state index is 13.0. The maximum Gasteiger partial charge on any atom is 0.243 e. The molecule has 0 unspecified atom stereocenters. The van der Waals surface area contributed by atoms with Crippen LogP contribution in [-0.2, 0) is 10.0 Å². The third-order valence-electron chi connectivity index (χ3n) is 4.95. The van der Waals surface area contributed by atoms with E-state index in [4.69, 9.17) is 16.6 Å². The molecule has 0 saturated carbocycles. The Morgan fingerprint density at radius 2 is 1.85 bits per heavy atom. The second-order valence-corrected chi connectivity index (χ2v) is 9.94. The van der Waals surface area contributed by atoms with E-state index in [2.05, 4.69) is 6.07 Å². The van der Waals surface area contributed by atoms with E-state index < -0.39 is 10.0 Å².